The lowest BCUT2D eigenvalue weighted by molar-refractivity contribution is 0.481. The molecule has 0 unspecified atom stereocenters. The molecule has 5 N–H and O–H groups in total. The van der Waals surface area contributed by atoms with Crippen molar-refractivity contribution < 1.29 is 25.9 Å². The van der Waals surface area contributed by atoms with Gasteiger partial charge >= 0.3 is 0 Å². The number of hydrogen-bond donors (Lipinski definition) is 5. The van der Waals surface area contributed by atoms with E-state index in [4.69, 9.17) is 4.98 Å². The lowest BCUT2D eigenvalue weighted by Gasteiger charge is -2.13. The molecular weight excluding hydrogens is 733 g/mol. The van der Waals surface area contributed by atoms with E-state index in [-0.39, 0.29) is 15.3 Å². The molecule has 0 saturated carbocycles. The number of aromatic nitrogens is 4. The molecule has 7 aromatic rings. The second-order valence-electron chi connectivity index (χ2n) is 14.4. The zero-order chi connectivity index (χ0) is 39.1. The van der Waals surface area contributed by atoms with Crippen LogP contribution in [-0.4, -0.2) is 45.9 Å². The Morgan fingerprint density at radius 2 is 0.927 bits per heavy atom. The molecule has 1 aliphatic rings. The average molecular weight is 771 g/mol. The molecular formula is C43H38N4O6S2. The molecule has 0 fully saturated rings. The summed E-state index contributed by atoms with van der Waals surface area (Å²) < 4.78 is 70.6. The first kappa shape index (κ1) is 36.2. The number of aromatic amines is 3. The fraction of sp³-hybridized carbons (Fsp3) is 0.140. The van der Waals surface area contributed by atoms with Crippen LogP contribution < -0.4 is 0 Å². The largest absolute Gasteiger partial charge is 0.354 e. The summed E-state index contributed by atoms with van der Waals surface area (Å²) in [6.45, 7) is 12.1. The van der Waals surface area contributed by atoms with Crippen LogP contribution in [0.4, 0.5) is 0 Å². The second-order valence-corrected chi connectivity index (χ2v) is 17.2. The fourth-order valence-electron chi connectivity index (χ4n) is 8.19. The highest BCUT2D eigenvalue weighted by Crippen LogP contribution is 2.40. The Morgan fingerprint density at radius 3 is 1.42 bits per heavy atom. The third-order valence-corrected chi connectivity index (χ3v) is 12.0. The average Bonchev–Trinajstić information content (AvgIpc) is 3.91. The molecule has 8 bridgehead atoms. The molecule has 1 aliphatic heterocycles. The molecule has 0 amide bonds. The first-order valence-electron chi connectivity index (χ1n) is 17.6. The molecule has 0 spiro atoms. The Balaban J connectivity index is 1.63. The smallest absolute Gasteiger partial charge is 0.296 e. The van der Waals surface area contributed by atoms with E-state index in [2.05, 4.69) is 39.2 Å². The van der Waals surface area contributed by atoms with Crippen molar-refractivity contribution in [3.63, 3.8) is 0 Å². The van der Waals surface area contributed by atoms with Crippen LogP contribution in [0.2, 0.25) is 0 Å². The number of fused-ring (bicyclic) bond motifs is 9. The number of benzene rings is 3. The standard InChI is InChI=1S/C43H38N4O6S2/c1-22-17-24(3)38(25(4)18-22)41-32-13-11-30(44-32)40(28-7-9-29(10-8-28)54(48,49)50)31-12-14-34(45-31)42(39-26(5)19-23(2)20-27(39)6)36-21-37(55(51,52)53)43(47-36)35-16-15-33(41)46-35/h7-21,44-45,47H,1-6H3,(H,48,49,50)(H,51,52,53). The van der Waals surface area contributed by atoms with Gasteiger partial charge in [0, 0.05) is 38.8 Å². The number of H-pyrrole nitrogens is 3. The van der Waals surface area contributed by atoms with Crippen molar-refractivity contribution in [3.05, 3.63) is 124 Å². The van der Waals surface area contributed by atoms with Gasteiger partial charge in [-0.3, -0.25) is 9.11 Å². The Morgan fingerprint density at radius 1 is 0.473 bits per heavy atom. The summed E-state index contributed by atoms with van der Waals surface area (Å²) >= 11 is 0. The summed E-state index contributed by atoms with van der Waals surface area (Å²) in [7, 11) is -9.16. The summed E-state index contributed by atoms with van der Waals surface area (Å²) in [5, 5.41) is 0. The maximum Gasteiger partial charge on any atom is 0.296 e. The van der Waals surface area contributed by atoms with E-state index in [1.54, 1.807) is 18.2 Å². The van der Waals surface area contributed by atoms with Crippen LogP contribution in [0.5, 0.6) is 0 Å². The van der Waals surface area contributed by atoms with Crippen LogP contribution in [0.1, 0.15) is 44.8 Å². The first-order valence-corrected chi connectivity index (χ1v) is 20.5. The molecule has 8 rings (SSSR count). The van der Waals surface area contributed by atoms with Gasteiger partial charge in [-0.05, 0) is 135 Å². The number of nitrogens with zero attached hydrogens (tertiary/aromatic N) is 1. The third-order valence-electron chi connectivity index (χ3n) is 10.2. The molecule has 10 nitrogen and oxygen atoms in total. The Hall–Kier alpha value is -5.79. The van der Waals surface area contributed by atoms with Crippen molar-refractivity contribution in [3.8, 4) is 33.4 Å². The molecule has 0 aliphatic carbocycles. The van der Waals surface area contributed by atoms with Crippen molar-refractivity contribution >= 4 is 65.5 Å². The van der Waals surface area contributed by atoms with Crippen molar-refractivity contribution in [1.82, 2.24) is 19.9 Å². The maximum absolute atomic E-state index is 13.1. The quantitative estimate of drug-likeness (QED) is 0.109. The molecule has 3 aromatic carbocycles. The maximum atomic E-state index is 13.1. The van der Waals surface area contributed by atoms with Crippen molar-refractivity contribution in [1.29, 1.82) is 0 Å². The second kappa shape index (κ2) is 12.9. The Bertz CT molecular complexity index is 3100. The molecule has 12 heteroatoms. The first-order chi connectivity index (χ1) is 26.0. The molecule has 0 radical (unpaired) electrons. The summed E-state index contributed by atoms with van der Waals surface area (Å²) in [4.78, 5) is 15.1. The van der Waals surface area contributed by atoms with Crippen LogP contribution in [0, 0.1) is 41.5 Å². The number of hydrogen-bond acceptors (Lipinski definition) is 5. The third kappa shape index (κ3) is 6.36. The van der Waals surface area contributed by atoms with E-state index in [9.17, 15) is 25.9 Å². The van der Waals surface area contributed by atoms with Crippen LogP contribution >= 0.6 is 0 Å². The molecule has 278 valence electrons. The number of aryl methyl sites for hydroxylation is 6. The summed E-state index contributed by atoms with van der Waals surface area (Å²) in [6, 6.07) is 23.6. The minimum atomic E-state index is -4.73. The molecule has 0 saturated heterocycles. The summed E-state index contributed by atoms with van der Waals surface area (Å²) in [5.74, 6) is 0. The monoisotopic (exact) mass is 770 g/mol. The van der Waals surface area contributed by atoms with Crippen molar-refractivity contribution in [2.24, 2.45) is 0 Å². The highest BCUT2D eigenvalue weighted by molar-refractivity contribution is 7.86. The highest BCUT2D eigenvalue weighted by atomic mass is 32.2. The van der Waals surface area contributed by atoms with Gasteiger partial charge in [-0.25, -0.2) is 4.98 Å². The van der Waals surface area contributed by atoms with Gasteiger partial charge in [-0.15, -0.1) is 0 Å². The molecule has 55 heavy (non-hydrogen) atoms. The van der Waals surface area contributed by atoms with Gasteiger partial charge in [-0.1, -0.05) is 47.5 Å². The van der Waals surface area contributed by atoms with E-state index < -0.39 is 20.2 Å². The van der Waals surface area contributed by atoms with Crippen LogP contribution in [0.15, 0.2) is 88.7 Å². The number of rotatable bonds is 5. The van der Waals surface area contributed by atoms with E-state index >= 15 is 0 Å². The van der Waals surface area contributed by atoms with Gasteiger partial charge in [0.05, 0.1) is 27.3 Å². The van der Waals surface area contributed by atoms with Gasteiger partial charge in [0.25, 0.3) is 20.2 Å². The predicted octanol–water partition coefficient (Wildman–Crippen LogP) is 10.0. The Kier molecular flexibility index (Phi) is 8.50. The van der Waals surface area contributed by atoms with Crippen LogP contribution in [0.3, 0.4) is 0 Å². The van der Waals surface area contributed by atoms with E-state index in [1.165, 1.54) is 18.2 Å². The normalized spacial score (nSPS) is 12.6. The van der Waals surface area contributed by atoms with E-state index in [0.29, 0.717) is 44.6 Å². The minimum absolute atomic E-state index is 0.153. The predicted molar refractivity (Wildman–Crippen MR) is 220 cm³/mol. The number of nitrogens with one attached hydrogen (secondary N) is 3. The zero-order valence-electron chi connectivity index (χ0n) is 31.0. The highest BCUT2D eigenvalue weighted by Gasteiger charge is 2.23. The van der Waals surface area contributed by atoms with Crippen molar-refractivity contribution in [2.45, 2.75) is 51.3 Å². The van der Waals surface area contributed by atoms with Gasteiger partial charge in [0.2, 0.25) is 0 Å². The summed E-state index contributed by atoms with van der Waals surface area (Å²) in [6.07, 6.45) is 3.59. The minimum Gasteiger partial charge on any atom is -0.354 e. The SMILES string of the molecule is Cc1cc(C)c(-c2c3nc(c4[nH]c(cc4S(=O)(=O)O)c(-c4c(C)cc(C)cc4C)c4ccc([nH]4)c(-c4ccc(S(=O)(=O)O)cc4)c4ccc2[nH]4)C=C3)c(C)c1. The van der Waals surface area contributed by atoms with E-state index in [0.717, 1.165) is 61.1 Å². The molecule has 0 atom stereocenters. The zero-order valence-corrected chi connectivity index (χ0v) is 32.6. The van der Waals surface area contributed by atoms with Gasteiger partial charge in [0.1, 0.15) is 4.90 Å². The van der Waals surface area contributed by atoms with Crippen LogP contribution in [-0.2, 0) is 20.2 Å². The van der Waals surface area contributed by atoms with Gasteiger partial charge in [-0.2, -0.15) is 16.8 Å². The van der Waals surface area contributed by atoms with Crippen molar-refractivity contribution in [2.75, 3.05) is 0 Å². The summed E-state index contributed by atoms with van der Waals surface area (Å²) in [5.41, 5.74) is 15.1. The molecule has 4 aromatic heterocycles. The molecule has 5 heterocycles. The van der Waals surface area contributed by atoms with Crippen LogP contribution in [0.25, 0.3) is 78.6 Å². The lowest BCUT2D eigenvalue weighted by Crippen LogP contribution is -1.97. The topological polar surface area (TPSA) is 169 Å². The fourth-order valence-corrected chi connectivity index (χ4v) is 9.35. The Labute approximate surface area is 318 Å². The van der Waals surface area contributed by atoms with Gasteiger partial charge in [0.15, 0.2) is 0 Å². The van der Waals surface area contributed by atoms with E-state index in [1.807, 2.05) is 71.9 Å². The lowest BCUT2D eigenvalue weighted by atomic mass is 9.92. The van der Waals surface area contributed by atoms with Gasteiger partial charge < -0.3 is 15.0 Å².